The van der Waals surface area contributed by atoms with Gasteiger partial charge in [-0.1, -0.05) is 35.9 Å². The Balaban J connectivity index is 1.65. The highest BCUT2D eigenvalue weighted by molar-refractivity contribution is 6.33. The first-order chi connectivity index (χ1) is 13.0. The largest absolute Gasteiger partial charge is 0.393 e. The van der Waals surface area contributed by atoms with Crippen LogP contribution in [0.4, 0.5) is 21.7 Å². The minimum Gasteiger partial charge on any atom is -0.393 e. The summed E-state index contributed by atoms with van der Waals surface area (Å²) in [6.07, 6.45) is 1.30. The highest BCUT2D eigenvalue weighted by Gasteiger charge is 2.12. The van der Waals surface area contributed by atoms with Crippen molar-refractivity contribution in [1.29, 1.82) is 0 Å². The van der Waals surface area contributed by atoms with E-state index in [1.807, 2.05) is 0 Å². The average Bonchev–Trinajstić information content (AvgIpc) is 2.67. The lowest BCUT2D eigenvalue weighted by Gasteiger charge is -2.13. The number of nitrogens with two attached hydrogens (primary N) is 1. The number of nitrogen functional groups attached to an aromatic ring is 1. The van der Waals surface area contributed by atoms with E-state index < -0.39 is 5.91 Å². The molecule has 1 heterocycles. The molecule has 0 atom stereocenters. The monoisotopic (exact) mass is 386 g/mol. The van der Waals surface area contributed by atoms with Crippen LogP contribution in [0, 0.1) is 5.82 Å². The molecule has 1 aromatic heterocycles. The molecule has 0 bridgehead atoms. The maximum atomic E-state index is 13.0. The number of hydrogen-bond donors (Lipinski definition) is 4. The van der Waals surface area contributed by atoms with E-state index in [2.05, 4.69) is 26.1 Å². The minimum absolute atomic E-state index is 0.221. The number of amides is 1. The van der Waals surface area contributed by atoms with Crippen molar-refractivity contribution in [3.05, 3.63) is 76.8 Å². The lowest BCUT2D eigenvalue weighted by Crippen LogP contribution is -2.30. The fourth-order valence-corrected chi connectivity index (χ4v) is 2.47. The first kappa shape index (κ1) is 18.4. The van der Waals surface area contributed by atoms with Crippen molar-refractivity contribution in [3.8, 4) is 0 Å². The smallest absolute Gasteiger partial charge is 0.271 e. The van der Waals surface area contributed by atoms with Gasteiger partial charge in [-0.25, -0.2) is 14.4 Å². The first-order valence-electron chi connectivity index (χ1n) is 7.94. The van der Waals surface area contributed by atoms with E-state index in [-0.39, 0.29) is 17.3 Å². The molecule has 9 heteroatoms. The number of rotatable bonds is 6. The van der Waals surface area contributed by atoms with Crippen molar-refractivity contribution in [2.75, 3.05) is 16.5 Å². The summed E-state index contributed by atoms with van der Waals surface area (Å²) in [7, 11) is 0. The summed E-state index contributed by atoms with van der Waals surface area (Å²) in [6, 6.07) is 12.7. The first-order valence-corrected chi connectivity index (χ1v) is 8.32. The van der Waals surface area contributed by atoms with E-state index in [4.69, 9.17) is 17.3 Å². The number of carbonyl (C=O) groups is 1. The van der Waals surface area contributed by atoms with Gasteiger partial charge in [0.1, 0.15) is 17.8 Å². The lowest BCUT2D eigenvalue weighted by molar-refractivity contribution is 0.0962. The topological polar surface area (TPSA) is 105 Å². The normalized spacial score (nSPS) is 10.3. The van der Waals surface area contributed by atoms with Crippen LogP contribution >= 0.6 is 11.6 Å². The Morgan fingerprint density at radius 2 is 1.78 bits per heavy atom. The van der Waals surface area contributed by atoms with Crippen molar-refractivity contribution in [2.45, 2.75) is 6.54 Å². The quantitative estimate of drug-likeness (QED) is 0.485. The molecule has 0 aliphatic heterocycles. The van der Waals surface area contributed by atoms with Gasteiger partial charge < -0.3 is 11.1 Å². The number of anilines is 3. The molecule has 0 aliphatic rings. The number of aromatic nitrogens is 2. The summed E-state index contributed by atoms with van der Waals surface area (Å²) in [4.78, 5) is 20.3. The van der Waals surface area contributed by atoms with Gasteiger partial charge in [0.2, 0.25) is 0 Å². The van der Waals surface area contributed by atoms with Gasteiger partial charge in [0.25, 0.3) is 5.91 Å². The van der Waals surface area contributed by atoms with E-state index in [0.29, 0.717) is 22.9 Å². The Morgan fingerprint density at radius 1 is 1.07 bits per heavy atom. The van der Waals surface area contributed by atoms with Gasteiger partial charge in [0, 0.05) is 6.54 Å². The predicted molar refractivity (Wildman–Crippen MR) is 103 cm³/mol. The summed E-state index contributed by atoms with van der Waals surface area (Å²) in [5.74, 6) is -0.128. The van der Waals surface area contributed by atoms with Crippen LogP contribution in [0.25, 0.3) is 0 Å². The predicted octanol–water partition coefficient (Wildman–Crippen LogP) is 3.22. The molecular weight excluding hydrogens is 371 g/mol. The standard InChI is InChI=1S/C18H16ClFN6O/c19-14-4-2-1-3-13(14)18(27)26-25-17-15(21)16(23-10-24-17)22-9-11-5-7-12(20)8-6-11/h1-8,10H,9,21H2,(H,26,27)(H2,22,23,24,25). The Kier molecular flexibility index (Phi) is 5.68. The van der Waals surface area contributed by atoms with E-state index in [0.717, 1.165) is 5.56 Å². The number of carbonyl (C=O) groups excluding carboxylic acids is 1. The highest BCUT2D eigenvalue weighted by atomic mass is 35.5. The Hall–Kier alpha value is -3.39. The van der Waals surface area contributed by atoms with Gasteiger partial charge in [-0.2, -0.15) is 0 Å². The summed E-state index contributed by atoms with van der Waals surface area (Å²) in [5.41, 5.74) is 12.6. The summed E-state index contributed by atoms with van der Waals surface area (Å²) >= 11 is 5.99. The van der Waals surface area contributed by atoms with Crippen LogP contribution in [-0.2, 0) is 6.54 Å². The third kappa shape index (κ3) is 4.62. The number of hydrazine groups is 1. The maximum Gasteiger partial charge on any atom is 0.271 e. The van der Waals surface area contributed by atoms with Crippen LogP contribution in [0.15, 0.2) is 54.9 Å². The van der Waals surface area contributed by atoms with E-state index in [9.17, 15) is 9.18 Å². The van der Waals surface area contributed by atoms with Gasteiger partial charge in [-0.3, -0.25) is 15.6 Å². The van der Waals surface area contributed by atoms with Gasteiger partial charge in [-0.05, 0) is 29.8 Å². The average molecular weight is 387 g/mol. The molecule has 0 radical (unpaired) electrons. The van der Waals surface area contributed by atoms with Gasteiger partial charge >= 0.3 is 0 Å². The van der Waals surface area contributed by atoms with Crippen LogP contribution in [0.3, 0.4) is 0 Å². The van der Waals surface area contributed by atoms with E-state index in [1.165, 1.54) is 18.5 Å². The number of nitrogens with one attached hydrogen (secondary N) is 3. The van der Waals surface area contributed by atoms with Crippen molar-refractivity contribution >= 4 is 34.8 Å². The number of hydrogen-bond acceptors (Lipinski definition) is 6. The summed E-state index contributed by atoms with van der Waals surface area (Å²) in [5, 5.41) is 3.37. The fraction of sp³-hybridized carbons (Fsp3) is 0.0556. The van der Waals surface area contributed by atoms with Gasteiger partial charge in [0.05, 0.1) is 10.6 Å². The number of halogens is 2. The van der Waals surface area contributed by atoms with Crippen molar-refractivity contribution in [2.24, 2.45) is 0 Å². The molecule has 3 rings (SSSR count). The van der Waals surface area contributed by atoms with Crippen LogP contribution < -0.4 is 21.9 Å². The zero-order valence-corrected chi connectivity index (χ0v) is 14.8. The number of benzene rings is 2. The lowest BCUT2D eigenvalue weighted by atomic mass is 10.2. The summed E-state index contributed by atoms with van der Waals surface area (Å²) in [6.45, 7) is 0.396. The minimum atomic E-state index is -0.431. The molecule has 1 amide bonds. The molecule has 0 unspecified atom stereocenters. The molecule has 0 spiro atoms. The third-order valence-corrected chi connectivity index (χ3v) is 4.00. The van der Waals surface area contributed by atoms with Crippen LogP contribution in [0.5, 0.6) is 0 Å². The van der Waals surface area contributed by atoms with Crippen LogP contribution in [-0.4, -0.2) is 15.9 Å². The van der Waals surface area contributed by atoms with Crippen molar-refractivity contribution in [1.82, 2.24) is 15.4 Å². The SMILES string of the molecule is Nc1c(NCc2ccc(F)cc2)ncnc1NNC(=O)c1ccccc1Cl. The fourth-order valence-electron chi connectivity index (χ4n) is 2.25. The molecule has 0 saturated heterocycles. The van der Waals surface area contributed by atoms with Gasteiger partial charge in [0.15, 0.2) is 11.6 Å². The molecule has 5 N–H and O–H groups in total. The van der Waals surface area contributed by atoms with E-state index >= 15 is 0 Å². The zero-order chi connectivity index (χ0) is 19.2. The zero-order valence-electron chi connectivity index (χ0n) is 14.0. The number of nitrogens with zero attached hydrogens (tertiary/aromatic N) is 2. The van der Waals surface area contributed by atoms with E-state index in [1.54, 1.807) is 36.4 Å². The third-order valence-electron chi connectivity index (χ3n) is 3.67. The summed E-state index contributed by atoms with van der Waals surface area (Å²) < 4.78 is 13.0. The molecule has 2 aromatic carbocycles. The molecular formula is C18H16ClFN6O. The van der Waals surface area contributed by atoms with Crippen LogP contribution in [0.1, 0.15) is 15.9 Å². The molecule has 138 valence electrons. The molecule has 3 aromatic rings. The second kappa shape index (κ2) is 8.33. The molecule has 27 heavy (non-hydrogen) atoms. The second-order valence-corrected chi connectivity index (χ2v) is 5.93. The molecule has 0 aliphatic carbocycles. The van der Waals surface area contributed by atoms with Crippen molar-refractivity contribution < 1.29 is 9.18 Å². The Bertz CT molecular complexity index is 951. The van der Waals surface area contributed by atoms with Crippen molar-refractivity contribution in [3.63, 3.8) is 0 Å². The molecule has 7 nitrogen and oxygen atoms in total. The maximum absolute atomic E-state index is 13.0. The van der Waals surface area contributed by atoms with Crippen LogP contribution in [0.2, 0.25) is 5.02 Å². The molecule has 0 fully saturated rings. The second-order valence-electron chi connectivity index (χ2n) is 5.52. The Morgan fingerprint density at radius 3 is 2.52 bits per heavy atom. The molecule has 0 saturated carbocycles. The Labute approximate surface area is 159 Å². The van der Waals surface area contributed by atoms with Gasteiger partial charge in [-0.15, -0.1) is 0 Å². The highest BCUT2D eigenvalue weighted by Crippen LogP contribution is 2.22.